The van der Waals surface area contributed by atoms with E-state index in [0.717, 1.165) is 5.39 Å². The van der Waals surface area contributed by atoms with Crippen molar-refractivity contribution in [3.63, 3.8) is 0 Å². The standard InChI is InChI=1S/C12H10N2O3/c13-12(15)6-9-3-1-2-8-4-5-10(14(16)17)7-11(8)9/h1-5,7H,6H2,(H2,13,15). The smallest absolute Gasteiger partial charge is 0.270 e. The molecule has 0 radical (unpaired) electrons. The predicted octanol–water partition coefficient (Wildman–Crippen LogP) is 1.78. The molecule has 0 spiro atoms. The Kier molecular flexibility index (Phi) is 2.74. The van der Waals surface area contributed by atoms with Crippen LogP contribution in [0.25, 0.3) is 10.8 Å². The first-order chi connectivity index (χ1) is 8.08. The molecule has 17 heavy (non-hydrogen) atoms. The highest BCUT2D eigenvalue weighted by atomic mass is 16.6. The van der Waals surface area contributed by atoms with Gasteiger partial charge in [0.15, 0.2) is 0 Å². The molecule has 0 aliphatic heterocycles. The third kappa shape index (κ3) is 2.23. The van der Waals surface area contributed by atoms with Crippen molar-refractivity contribution < 1.29 is 9.72 Å². The number of nitrogens with zero attached hydrogens (tertiary/aromatic N) is 1. The highest BCUT2D eigenvalue weighted by molar-refractivity contribution is 5.91. The molecule has 5 nitrogen and oxygen atoms in total. The number of hydrogen-bond donors (Lipinski definition) is 1. The van der Waals surface area contributed by atoms with Gasteiger partial charge in [0.25, 0.3) is 5.69 Å². The number of nitro benzene ring substituents is 1. The molecule has 0 heterocycles. The summed E-state index contributed by atoms with van der Waals surface area (Å²) in [5.74, 6) is -0.455. The van der Waals surface area contributed by atoms with Gasteiger partial charge in [-0.15, -0.1) is 0 Å². The van der Waals surface area contributed by atoms with E-state index >= 15 is 0 Å². The molecular weight excluding hydrogens is 220 g/mol. The van der Waals surface area contributed by atoms with Crippen molar-refractivity contribution in [1.29, 1.82) is 0 Å². The van der Waals surface area contributed by atoms with Crippen molar-refractivity contribution >= 4 is 22.4 Å². The average Bonchev–Trinajstić information content (AvgIpc) is 2.28. The zero-order valence-electron chi connectivity index (χ0n) is 8.92. The van der Waals surface area contributed by atoms with Crippen LogP contribution in [0, 0.1) is 10.1 Å². The summed E-state index contributed by atoms with van der Waals surface area (Å²) < 4.78 is 0. The van der Waals surface area contributed by atoms with E-state index in [1.165, 1.54) is 12.1 Å². The molecule has 0 aliphatic carbocycles. The second-order valence-electron chi connectivity index (χ2n) is 3.72. The number of nitro groups is 1. The molecule has 0 atom stereocenters. The summed E-state index contributed by atoms with van der Waals surface area (Å²) in [6.45, 7) is 0. The van der Waals surface area contributed by atoms with Crippen LogP contribution in [0.1, 0.15) is 5.56 Å². The van der Waals surface area contributed by atoms with Gasteiger partial charge in [0.2, 0.25) is 5.91 Å². The number of hydrogen-bond acceptors (Lipinski definition) is 3. The monoisotopic (exact) mass is 230 g/mol. The highest BCUT2D eigenvalue weighted by Crippen LogP contribution is 2.24. The van der Waals surface area contributed by atoms with E-state index in [-0.39, 0.29) is 12.1 Å². The molecule has 86 valence electrons. The van der Waals surface area contributed by atoms with Crippen LogP contribution in [0.2, 0.25) is 0 Å². The Morgan fingerprint density at radius 3 is 2.71 bits per heavy atom. The number of carbonyl (C=O) groups excluding carboxylic acids is 1. The molecule has 0 aliphatic rings. The lowest BCUT2D eigenvalue weighted by Crippen LogP contribution is -2.13. The molecule has 2 rings (SSSR count). The van der Waals surface area contributed by atoms with Crippen molar-refractivity contribution in [1.82, 2.24) is 0 Å². The molecule has 0 bridgehead atoms. The average molecular weight is 230 g/mol. The zero-order chi connectivity index (χ0) is 12.4. The molecule has 2 aromatic rings. The van der Waals surface area contributed by atoms with Gasteiger partial charge >= 0.3 is 0 Å². The van der Waals surface area contributed by atoms with E-state index < -0.39 is 10.8 Å². The normalized spacial score (nSPS) is 10.4. The van der Waals surface area contributed by atoms with Gasteiger partial charge in [0, 0.05) is 12.1 Å². The Hall–Kier alpha value is -2.43. The van der Waals surface area contributed by atoms with E-state index in [1.54, 1.807) is 18.2 Å². The maximum absolute atomic E-state index is 10.9. The van der Waals surface area contributed by atoms with Crippen LogP contribution in [0.5, 0.6) is 0 Å². The number of fused-ring (bicyclic) bond motifs is 1. The fourth-order valence-corrected chi connectivity index (χ4v) is 1.78. The number of benzene rings is 2. The van der Waals surface area contributed by atoms with E-state index in [4.69, 9.17) is 5.73 Å². The van der Waals surface area contributed by atoms with E-state index in [2.05, 4.69) is 0 Å². The zero-order valence-corrected chi connectivity index (χ0v) is 8.92. The summed E-state index contributed by atoms with van der Waals surface area (Å²) in [7, 11) is 0. The minimum Gasteiger partial charge on any atom is -0.369 e. The van der Waals surface area contributed by atoms with Crippen LogP contribution in [0.4, 0.5) is 5.69 Å². The number of non-ortho nitro benzene ring substituents is 1. The van der Waals surface area contributed by atoms with Crippen LogP contribution in [-0.2, 0) is 11.2 Å². The predicted molar refractivity (Wildman–Crippen MR) is 63.5 cm³/mol. The molecular formula is C12H10N2O3. The van der Waals surface area contributed by atoms with E-state index in [1.807, 2.05) is 6.07 Å². The van der Waals surface area contributed by atoms with E-state index in [9.17, 15) is 14.9 Å². The molecule has 0 saturated carbocycles. The summed E-state index contributed by atoms with van der Waals surface area (Å²) in [5.41, 5.74) is 5.86. The largest absolute Gasteiger partial charge is 0.369 e. The molecule has 2 aromatic carbocycles. The number of amides is 1. The lowest BCUT2D eigenvalue weighted by molar-refractivity contribution is -0.384. The molecule has 0 fully saturated rings. The number of primary amides is 1. The van der Waals surface area contributed by atoms with Crippen molar-refractivity contribution in [3.05, 3.63) is 52.1 Å². The number of carbonyl (C=O) groups is 1. The third-order valence-corrected chi connectivity index (χ3v) is 2.53. The van der Waals surface area contributed by atoms with Crippen LogP contribution < -0.4 is 5.73 Å². The molecule has 5 heteroatoms. The molecule has 0 aromatic heterocycles. The first-order valence-electron chi connectivity index (χ1n) is 5.02. The SMILES string of the molecule is NC(=O)Cc1cccc2ccc([N+](=O)[O-])cc12. The Labute approximate surface area is 97.0 Å². The van der Waals surface area contributed by atoms with Gasteiger partial charge in [0.1, 0.15) is 0 Å². The molecule has 0 unspecified atom stereocenters. The van der Waals surface area contributed by atoms with Gasteiger partial charge in [-0.1, -0.05) is 18.2 Å². The fraction of sp³-hybridized carbons (Fsp3) is 0.0833. The quantitative estimate of drug-likeness (QED) is 0.644. The fourth-order valence-electron chi connectivity index (χ4n) is 1.78. The first kappa shape index (κ1) is 11.1. The van der Waals surface area contributed by atoms with Gasteiger partial charge in [-0.25, -0.2) is 0 Å². The lowest BCUT2D eigenvalue weighted by atomic mass is 10.0. The van der Waals surface area contributed by atoms with Gasteiger partial charge in [-0.05, 0) is 22.4 Å². The minimum atomic E-state index is -0.458. The Balaban J connectivity index is 2.63. The summed E-state index contributed by atoms with van der Waals surface area (Å²) >= 11 is 0. The second kappa shape index (κ2) is 4.21. The maximum Gasteiger partial charge on any atom is 0.270 e. The van der Waals surface area contributed by atoms with Crippen LogP contribution >= 0.6 is 0 Å². The Morgan fingerprint density at radius 2 is 2.06 bits per heavy atom. The van der Waals surface area contributed by atoms with Crippen LogP contribution in [0.15, 0.2) is 36.4 Å². The van der Waals surface area contributed by atoms with Crippen molar-refractivity contribution in [2.75, 3.05) is 0 Å². The van der Waals surface area contributed by atoms with E-state index in [0.29, 0.717) is 10.9 Å². The van der Waals surface area contributed by atoms with Crippen molar-refractivity contribution in [2.24, 2.45) is 5.73 Å². The topological polar surface area (TPSA) is 86.2 Å². The molecule has 1 amide bonds. The minimum absolute atomic E-state index is 0.00872. The van der Waals surface area contributed by atoms with Crippen LogP contribution in [0.3, 0.4) is 0 Å². The summed E-state index contributed by atoms with van der Waals surface area (Å²) in [5, 5.41) is 12.2. The second-order valence-corrected chi connectivity index (χ2v) is 3.72. The van der Waals surface area contributed by atoms with Crippen molar-refractivity contribution in [2.45, 2.75) is 6.42 Å². The summed E-state index contributed by atoms with van der Waals surface area (Å²) in [6, 6.07) is 9.95. The molecule has 2 N–H and O–H groups in total. The first-order valence-corrected chi connectivity index (χ1v) is 5.02. The van der Waals surface area contributed by atoms with Gasteiger partial charge in [0.05, 0.1) is 11.3 Å². The summed E-state index contributed by atoms with van der Waals surface area (Å²) in [4.78, 5) is 21.2. The van der Waals surface area contributed by atoms with Gasteiger partial charge in [-0.3, -0.25) is 14.9 Å². The number of rotatable bonds is 3. The lowest BCUT2D eigenvalue weighted by Gasteiger charge is -2.04. The van der Waals surface area contributed by atoms with Crippen LogP contribution in [-0.4, -0.2) is 10.8 Å². The Morgan fingerprint density at radius 1 is 1.29 bits per heavy atom. The maximum atomic E-state index is 10.9. The van der Waals surface area contributed by atoms with Gasteiger partial charge < -0.3 is 5.73 Å². The summed E-state index contributed by atoms with van der Waals surface area (Å²) in [6.07, 6.45) is 0.0819. The van der Waals surface area contributed by atoms with Gasteiger partial charge in [-0.2, -0.15) is 0 Å². The van der Waals surface area contributed by atoms with Crippen molar-refractivity contribution in [3.8, 4) is 0 Å². The highest BCUT2D eigenvalue weighted by Gasteiger charge is 2.09. The third-order valence-electron chi connectivity index (χ3n) is 2.53. The molecule has 0 saturated heterocycles. The Bertz CT molecular complexity index is 608. The number of nitrogens with two attached hydrogens (primary N) is 1.